The predicted molar refractivity (Wildman–Crippen MR) is 76.5 cm³/mol. The molecule has 3 rings (SSSR count). The summed E-state index contributed by atoms with van der Waals surface area (Å²) >= 11 is 3.41. The van der Waals surface area contributed by atoms with Gasteiger partial charge in [0, 0.05) is 28.4 Å². The van der Waals surface area contributed by atoms with E-state index in [1.54, 1.807) is 30.6 Å². The van der Waals surface area contributed by atoms with Gasteiger partial charge in [0.1, 0.15) is 4.90 Å². The highest BCUT2D eigenvalue weighted by Gasteiger charge is 2.19. The zero-order chi connectivity index (χ0) is 13.5. The molecule has 0 aliphatic carbocycles. The Balaban J connectivity index is 2.29. The molecule has 96 valence electrons. The standard InChI is InChI=1S/C13H9BrN2O2S/c14-12-4-1-5-13-11(12)6-8-16(13)19(17,18)10-3-2-7-15-9-10/h1-9H. The molecule has 0 saturated carbocycles. The second-order valence-corrected chi connectivity index (χ2v) is 6.65. The highest BCUT2D eigenvalue weighted by Crippen LogP contribution is 2.27. The Bertz CT molecular complexity index is 841. The van der Waals surface area contributed by atoms with E-state index in [4.69, 9.17) is 0 Å². The Morgan fingerprint density at radius 3 is 2.68 bits per heavy atom. The van der Waals surface area contributed by atoms with Crippen LogP contribution in [0.25, 0.3) is 10.9 Å². The summed E-state index contributed by atoms with van der Waals surface area (Å²) in [5.41, 5.74) is 0.637. The molecule has 2 aromatic heterocycles. The van der Waals surface area contributed by atoms with Gasteiger partial charge in [0.15, 0.2) is 0 Å². The van der Waals surface area contributed by atoms with Crippen LogP contribution in [0.4, 0.5) is 0 Å². The monoisotopic (exact) mass is 336 g/mol. The van der Waals surface area contributed by atoms with Gasteiger partial charge in [0.25, 0.3) is 10.0 Å². The average Bonchev–Trinajstić information content (AvgIpc) is 2.86. The number of benzene rings is 1. The summed E-state index contributed by atoms with van der Waals surface area (Å²) in [6.45, 7) is 0. The first-order chi connectivity index (χ1) is 9.10. The summed E-state index contributed by atoms with van der Waals surface area (Å²) < 4.78 is 27.2. The van der Waals surface area contributed by atoms with Crippen LogP contribution >= 0.6 is 15.9 Å². The Labute approximate surface area is 118 Å². The third-order valence-corrected chi connectivity index (χ3v) is 5.20. The molecule has 0 aliphatic heterocycles. The maximum Gasteiger partial charge on any atom is 0.269 e. The van der Waals surface area contributed by atoms with Gasteiger partial charge in [0.2, 0.25) is 0 Å². The fourth-order valence-corrected chi connectivity index (χ4v) is 3.73. The van der Waals surface area contributed by atoms with Crippen molar-refractivity contribution >= 4 is 36.9 Å². The minimum Gasteiger partial charge on any atom is -0.263 e. The molecular weight excluding hydrogens is 328 g/mol. The average molecular weight is 337 g/mol. The summed E-state index contributed by atoms with van der Waals surface area (Å²) in [6, 6.07) is 10.4. The van der Waals surface area contributed by atoms with Crippen molar-refractivity contribution in [1.82, 2.24) is 8.96 Å². The molecule has 0 atom stereocenters. The molecule has 0 unspecified atom stereocenters. The van der Waals surface area contributed by atoms with Gasteiger partial charge in [-0.2, -0.15) is 0 Å². The summed E-state index contributed by atoms with van der Waals surface area (Å²) in [6.07, 6.45) is 4.44. The van der Waals surface area contributed by atoms with Crippen LogP contribution in [-0.4, -0.2) is 17.4 Å². The number of nitrogens with zero attached hydrogens (tertiary/aromatic N) is 2. The van der Waals surface area contributed by atoms with E-state index < -0.39 is 10.0 Å². The third kappa shape index (κ3) is 1.97. The van der Waals surface area contributed by atoms with Crippen LogP contribution in [-0.2, 0) is 10.0 Å². The van der Waals surface area contributed by atoms with Crippen LogP contribution in [0.3, 0.4) is 0 Å². The number of aromatic nitrogens is 2. The van der Waals surface area contributed by atoms with Crippen molar-refractivity contribution in [3.8, 4) is 0 Å². The van der Waals surface area contributed by atoms with Gasteiger partial charge in [-0.25, -0.2) is 12.4 Å². The summed E-state index contributed by atoms with van der Waals surface area (Å²) in [4.78, 5) is 4.03. The van der Waals surface area contributed by atoms with E-state index in [0.29, 0.717) is 5.52 Å². The molecule has 0 spiro atoms. The van der Waals surface area contributed by atoms with Crippen LogP contribution in [0.2, 0.25) is 0 Å². The second kappa shape index (κ2) is 4.47. The van der Waals surface area contributed by atoms with Gasteiger partial charge in [-0.1, -0.05) is 22.0 Å². The van der Waals surface area contributed by atoms with Crippen LogP contribution in [0.15, 0.2) is 64.4 Å². The topological polar surface area (TPSA) is 52.0 Å². The summed E-state index contributed by atoms with van der Waals surface area (Å²) in [5.74, 6) is 0. The molecule has 0 bridgehead atoms. The number of pyridine rings is 1. The zero-order valence-corrected chi connectivity index (χ0v) is 12.1. The lowest BCUT2D eigenvalue weighted by Crippen LogP contribution is -2.11. The highest BCUT2D eigenvalue weighted by molar-refractivity contribution is 9.10. The van der Waals surface area contributed by atoms with Crippen molar-refractivity contribution in [3.05, 3.63) is 59.5 Å². The molecule has 4 nitrogen and oxygen atoms in total. The molecule has 0 aliphatic rings. The smallest absolute Gasteiger partial charge is 0.263 e. The van der Waals surface area contributed by atoms with Crippen LogP contribution in [0.5, 0.6) is 0 Å². The highest BCUT2D eigenvalue weighted by atomic mass is 79.9. The predicted octanol–water partition coefficient (Wildman–Crippen LogP) is 3.04. The third-order valence-electron chi connectivity index (χ3n) is 2.84. The molecule has 0 radical (unpaired) electrons. The molecule has 0 amide bonds. The quantitative estimate of drug-likeness (QED) is 0.722. The number of hydrogen-bond donors (Lipinski definition) is 0. The number of rotatable bonds is 2. The molecule has 2 heterocycles. The fourth-order valence-electron chi connectivity index (χ4n) is 1.93. The van der Waals surface area contributed by atoms with Gasteiger partial charge < -0.3 is 0 Å². The summed E-state index contributed by atoms with van der Waals surface area (Å²) in [7, 11) is -3.61. The van der Waals surface area contributed by atoms with Gasteiger partial charge in [0.05, 0.1) is 5.52 Å². The van der Waals surface area contributed by atoms with E-state index in [9.17, 15) is 8.42 Å². The van der Waals surface area contributed by atoms with Gasteiger partial charge >= 0.3 is 0 Å². The number of halogens is 1. The minimum atomic E-state index is -3.61. The van der Waals surface area contributed by atoms with E-state index in [2.05, 4.69) is 20.9 Å². The molecule has 0 saturated heterocycles. The first kappa shape index (κ1) is 12.4. The Morgan fingerprint density at radius 2 is 1.95 bits per heavy atom. The fraction of sp³-hybridized carbons (Fsp3) is 0. The SMILES string of the molecule is O=S(=O)(c1cccnc1)n1ccc2c(Br)cccc21. The first-order valence-electron chi connectivity index (χ1n) is 5.52. The number of hydrogen-bond acceptors (Lipinski definition) is 3. The van der Waals surface area contributed by atoms with Gasteiger partial charge in [-0.3, -0.25) is 4.98 Å². The van der Waals surface area contributed by atoms with Crippen molar-refractivity contribution in [2.24, 2.45) is 0 Å². The van der Waals surface area contributed by atoms with Crippen molar-refractivity contribution in [2.75, 3.05) is 0 Å². The van der Waals surface area contributed by atoms with E-state index in [0.717, 1.165) is 9.86 Å². The Kier molecular flexibility index (Phi) is 2.91. The van der Waals surface area contributed by atoms with Gasteiger partial charge in [-0.05, 0) is 30.3 Å². The Morgan fingerprint density at radius 1 is 1.11 bits per heavy atom. The lowest BCUT2D eigenvalue weighted by molar-refractivity contribution is 0.588. The molecule has 0 fully saturated rings. The zero-order valence-electron chi connectivity index (χ0n) is 9.69. The van der Waals surface area contributed by atoms with Crippen molar-refractivity contribution in [3.63, 3.8) is 0 Å². The largest absolute Gasteiger partial charge is 0.269 e. The van der Waals surface area contributed by atoms with Crippen molar-refractivity contribution in [1.29, 1.82) is 0 Å². The second-order valence-electron chi connectivity index (χ2n) is 3.98. The van der Waals surface area contributed by atoms with E-state index in [1.807, 2.05) is 12.1 Å². The van der Waals surface area contributed by atoms with E-state index in [-0.39, 0.29) is 4.90 Å². The van der Waals surface area contributed by atoms with Crippen LogP contribution < -0.4 is 0 Å². The van der Waals surface area contributed by atoms with Crippen molar-refractivity contribution in [2.45, 2.75) is 4.90 Å². The molecule has 1 aromatic carbocycles. The maximum absolute atomic E-state index is 12.5. The van der Waals surface area contributed by atoms with E-state index >= 15 is 0 Å². The lowest BCUT2D eigenvalue weighted by Gasteiger charge is -2.07. The van der Waals surface area contributed by atoms with Gasteiger partial charge in [-0.15, -0.1) is 0 Å². The molecule has 0 N–H and O–H groups in total. The number of fused-ring (bicyclic) bond motifs is 1. The van der Waals surface area contributed by atoms with Crippen molar-refractivity contribution < 1.29 is 8.42 Å². The molecule has 6 heteroatoms. The normalized spacial score (nSPS) is 11.8. The first-order valence-corrected chi connectivity index (χ1v) is 7.75. The molecule has 19 heavy (non-hydrogen) atoms. The van der Waals surface area contributed by atoms with E-state index in [1.165, 1.54) is 16.2 Å². The molecular formula is C13H9BrN2O2S. The lowest BCUT2D eigenvalue weighted by atomic mass is 10.3. The minimum absolute atomic E-state index is 0.174. The summed E-state index contributed by atoms with van der Waals surface area (Å²) in [5, 5.41) is 0.856. The molecule has 3 aromatic rings. The van der Waals surface area contributed by atoms with Crippen LogP contribution in [0, 0.1) is 0 Å². The maximum atomic E-state index is 12.5. The Hall–Kier alpha value is -1.66. The van der Waals surface area contributed by atoms with Crippen LogP contribution in [0.1, 0.15) is 0 Å².